The Balaban J connectivity index is 1.92. The highest BCUT2D eigenvalue weighted by Gasteiger charge is 2.19. The number of nitrogens with one attached hydrogen (secondary N) is 1. The van der Waals surface area contributed by atoms with E-state index in [0.29, 0.717) is 0 Å². The van der Waals surface area contributed by atoms with Crippen molar-refractivity contribution >= 4 is 11.8 Å². The highest BCUT2D eigenvalue weighted by Crippen LogP contribution is 2.31. The third kappa shape index (κ3) is 4.69. The Hall–Kier alpha value is -0.710. The summed E-state index contributed by atoms with van der Waals surface area (Å²) < 4.78 is 5.62. The van der Waals surface area contributed by atoms with Crippen molar-refractivity contribution in [2.45, 2.75) is 38.6 Å². The van der Waals surface area contributed by atoms with Crippen molar-refractivity contribution in [3.05, 3.63) is 29.8 Å². The summed E-state index contributed by atoms with van der Waals surface area (Å²) in [4.78, 5) is 0. The van der Waals surface area contributed by atoms with E-state index in [1.807, 2.05) is 12.1 Å². The molecule has 112 valence electrons. The average Bonchev–Trinajstić information content (AvgIpc) is 2.52. The molecule has 0 amide bonds. The fourth-order valence-corrected chi connectivity index (χ4v) is 3.84. The molecule has 1 aliphatic rings. The first-order valence-corrected chi connectivity index (χ1v) is 8.75. The van der Waals surface area contributed by atoms with Gasteiger partial charge in [0.2, 0.25) is 0 Å². The fraction of sp³-hybridized carbons (Fsp3) is 0.625. The van der Waals surface area contributed by atoms with Gasteiger partial charge < -0.3 is 4.74 Å². The molecule has 1 unspecified atom stereocenters. The van der Waals surface area contributed by atoms with Crippen LogP contribution in [-0.2, 0) is 0 Å². The molecule has 0 radical (unpaired) electrons. The second-order valence-corrected chi connectivity index (χ2v) is 6.65. The summed E-state index contributed by atoms with van der Waals surface area (Å²) in [5.41, 5.74) is 4.24. The normalized spacial score (nSPS) is 17.9. The minimum Gasteiger partial charge on any atom is -0.494 e. The first-order chi connectivity index (χ1) is 9.83. The van der Waals surface area contributed by atoms with Crippen molar-refractivity contribution < 1.29 is 4.74 Å². The van der Waals surface area contributed by atoms with Gasteiger partial charge in [-0.1, -0.05) is 19.1 Å². The van der Waals surface area contributed by atoms with E-state index < -0.39 is 0 Å². The topological polar surface area (TPSA) is 47.3 Å². The number of thioether (sulfide) groups is 1. The quantitative estimate of drug-likeness (QED) is 0.597. The van der Waals surface area contributed by atoms with Gasteiger partial charge in [-0.2, -0.15) is 11.8 Å². The Morgan fingerprint density at radius 2 is 2.00 bits per heavy atom. The molecule has 20 heavy (non-hydrogen) atoms. The molecule has 1 atom stereocenters. The van der Waals surface area contributed by atoms with Crippen molar-refractivity contribution in [3.63, 3.8) is 0 Å². The van der Waals surface area contributed by atoms with Crippen LogP contribution in [0.3, 0.4) is 0 Å². The van der Waals surface area contributed by atoms with E-state index in [0.717, 1.165) is 31.1 Å². The highest BCUT2D eigenvalue weighted by molar-refractivity contribution is 7.99. The molecule has 1 heterocycles. The van der Waals surface area contributed by atoms with E-state index >= 15 is 0 Å². The molecule has 1 aromatic rings. The van der Waals surface area contributed by atoms with Gasteiger partial charge in [0, 0.05) is 6.04 Å². The maximum atomic E-state index is 5.75. The average molecular weight is 294 g/mol. The number of rotatable bonds is 7. The van der Waals surface area contributed by atoms with Crippen LogP contribution in [0.2, 0.25) is 0 Å². The molecule has 1 aromatic carbocycles. The van der Waals surface area contributed by atoms with Gasteiger partial charge in [0.25, 0.3) is 0 Å². The number of nitrogens with two attached hydrogens (primary N) is 1. The second kappa shape index (κ2) is 8.55. The van der Waals surface area contributed by atoms with Crippen molar-refractivity contribution in [1.29, 1.82) is 0 Å². The molecular weight excluding hydrogens is 268 g/mol. The van der Waals surface area contributed by atoms with E-state index in [1.165, 1.54) is 29.9 Å². The van der Waals surface area contributed by atoms with E-state index in [1.54, 1.807) is 0 Å². The van der Waals surface area contributed by atoms with Gasteiger partial charge >= 0.3 is 0 Å². The zero-order valence-corrected chi connectivity index (χ0v) is 13.1. The van der Waals surface area contributed by atoms with Crippen LogP contribution in [-0.4, -0.2) is 18.1 Å². The summed E-state index contributed by atoms with van der Waals surface area (Å²) in [6.07, 6.45) is 4.81. The Morgan fingerprint density at radius 3 is 2.60 bits per heavy atom. The van der Waals surface area contributed by atoms with E-state index in [2.05, 4.69) is 36.2 Å². The van der Waals surface area contributed by atoms with Gasteiger partial charge in [-0.15, -0.1) is 0 Å². The van der Waals surface area contributed by atoms with Crippen LogP contribution in [0.1, 0.15) is 44.2 Å². The molecule has 0 aromatic heterocycles. The molecule has 1 aliphatic heterocycles. The monoisotopic (exact) mass is 294 g/mol. The Kier molecular flexibility index (Phi) is 6.70. The van der Waals surface area contributed by atoms with E-state index in [4.69, 9.17) is 10.6 Å². The third-order valence-corrected chi connectivity index (χ3v) is 4.92. The molecule has 1 saturated heterocycles. The standard InChI is InChI=1S/C16H26N2OS/c1-2-9-19-15-5-3-14(4-6-15)16(18-17)12-13-7-10-20-11-8-13/h3-6,13,16,18H,2,7-12,17H2,1H3. The predicted octanol–water partition coefficient (Wildman–Crippen LogP) is 3.51. The smallest absolute Gasteiger partial charge is 0.119 e. The molecule has 4 heteroatoms. The molecule has 3 N–H and O–H groups in total. The Morgan fingerprint density at radius 1 is 1.30 bits per heavy atom. The molecule has 3 nitrogen and oxygen atoms in total. The van der Waals surface area contributed by atoms with Crippen LogP contribution in [0, 0.1) is 5.92 Å². The summed E-state index contributed by atoms with van der Waals surface area (Å²) in [6.45, 7) is 2.89. The van der Waals surface area contributed by atoms with E-state index in [9.17, 15) is 0 Å². The lowest BCUT2D eigenvalue weighted by Gasteiger charge is -2.26. The van der Waals surface area contributed by atoms with Gasteiger partial charge in [-0.05, 0) is 60.8 Å². The first-order valence-electron chi connectivity index (χ1n) is 7.60. The number of hydrazine groups is 1. The zero-order valence-electron chi connectivity index (χ0n) is 12.3. The second-order valence-electron chi connectivity index (χ2n) is 5.43. The summed E-state index contributed by atoms with van der Waals surface area (Å²) in [7, 11) is 0. The lowest BCUT2D eigenvalue weighted by atomic mass is 9.91. The largest absolute Gasteiger partial charge is 0.494 e. The van der Waals surface area contributed by atoms with Crippen LogP contribution in [0.25, 0.3) is 0 Å². The number of ether oxygens (including phenoxy) is 1. The summed E-state index contributed by atoms with van der Waals surface area (Å²) >= 11 is 2.07. The van der Waals surface area contributed by atoms with Crippen LogP contribution in [0.4, 0.5) is 0 Å². The Labute approximate surface area is 126 Å². The molecule has 2 rings (SSSR count). The van der Waals surface area contributed by atoms with Crippen molar-refractivity contribution in [1.82, 2.24) is 5.43 Å². The van der Waals surface area contributed by atoms with Crippen molar-refractivity contribution in [2.24, 2.45) is 11.8 Å². The van der Waals surface area contributed by atoms with Crippen LogP contribution in [0.5, 0.6) is 5.75 Å². The number of hydrogen-bond donors (Lipinski definition) is 2. The van der Waals surface area contributed by atoms with Gasteiger partial charge in [0.15, 0.2) is 0 Å². The molecule has 0 spiro atoms. The fourth-order valence-electron chi connectivity index (χ4n) is 2.63. The minimum atomic E-state index is 0.253. The highest BCUT2D eigenvalue weighted by atomic mass is 32.2. The number of benzene rings is 1. The molecule has 0 saturated carbocycles. The predicted molar refractivity (Wildman–Crippen MR) is 87.0 cm³/mol. The first kappa shape index (κ1) is 15.7. The van der Waals surface area contributed by atoms with Gasteiger partial charge in [-0.25, -0.2) is 0 Å². The third-order valence-electron chi connectivity index (χ3n) is 3.87. The van der Waals surface area contributed by atoms with Crippen molar-refractivity contribution in [2.75, 3.05) is 18.1 Å². The van der Waals surface area contributed by atoms with Crippen LogP contribution < -0.4 is 16.0 Å². The SMILES string of the molecule is CCCOc1ccc(C(CC2CCSCC2)NN)cc1. The zero-order chi connectivity index (χ0) is 14.2. The molecule has 0 bridgehead atoms. The van der Waals surface area contributed by atoms with Crippen molar-refractivity contribution in [3.8, 4) is 5.75 Å². The van der Waals surface area contributed by atoms with Crippen LogP contribution >= 0.6 is 11.8 Å². The summed E-state index contributed by atoms with van der Waals surface area (Å²) in [5.74, 6) is 10.1. The van der Waals surface area contributed by atoms with Gasteiger partial charge in [0.05, 0.1) is 6.61 Å². The summed E-state index contributed by atoms with van der Waals surface area (Å²) in [6, 6.07) is 8.61. The minimum absolute atomic E-state index is 0.253. The molecule has 1 fully saturated rings. The molecular formula is C16H26N2OS. The molecule has 0 aliphatic carbocycles. The Bertz CT molecular complexity index is 377. The maximum Gasteiger partial charge on any atom is 0.119 e. The lowest BCUT2D eigenvalue weighted by Crippen LogP contribution is -2.30. The van der Waals surface area contributed by atoms with Crippen LogP contribution in [0.15, 0.2) is 24.3 Å². The number of hydrogen-bond acceptors (Lipinski definition) is 4. The van der Waals surface area contributed by atoms with Gasteiger partial charge in [-0.3, -0.25) is 11.3 Å². The van der Waals surface area contributed by atoms with E-state index in [-0.39, 0.29) is 6.04 Å². The lowest BCUT2D eigenvalue weighted by molar-refractivity contribution is 0.317. The maximum absolute atomic E-state index is 5.75. The summed E-state index contributed by atoms with van der Waals surface area (Å²) in [5, 5.41) is 0. The van der Waals surface area contributed by atoms with Gasteiger partial charge in [0.1, 0.15) is 5.75 Å².